The lowest BCUT2D eigenvalue weighted by Crippen LogP contribution is -1.87. The molecule has 2 aromatic carbocycles. The van der Waals surface area contributed by atoms with Crippen molar-refractivity contribution in [2.45, 2.75) is 6.92 Å². The van der Waals surface area contributed by atoms with E-state index in [9.17, 15) is 0 Å². The van der Waals surface area contributed by atoms with Gasteiger partial charge >= 0.3 is 0 Å². The van der Waals surface area contributed by atoms with E-state index in [4.69, 9.17) is 16.3 Å². The monoisotopic (exact) mass is 309 g/mol. The summed E-state index contributed by atoms with van der Waals surface area (Å²) >= 11 is 6.02. The molecule has 3 rings (SSSR count). The van der Waals surface area contributed by atoms with Crippen molar-refractivity contribution in [1.82, 2.24) is 4.98 Å². The summed E-state index contributed by atoms with van der Waals surface area (Å²) < 4.78 is 5.27. The highest BCUT2D eigenvalue weighted by atomic mass is 35.5. The Labute approximate surface area is 135 Å². The van der Waals surface area contributed by atoms with Gasteiger partial charge in [0.05, 0.1) is 18.3 Å². The van der Waals surface area contributed by atoms with Gasteiger partial charge in [0, 0.05) is 10.4 Å². The second kappa shape index (κ2) is 6.20. The largest absolute Gasteiger partial charge is 0.496 e. The Balaban J connectivity index is 1.90. The highest BCUT2D eigenvalue weighted by molar-refractivity contribution is 6.31. The van der Waals surface area contributed by atoms with E-state index < -0.39 is 0 Å². The summed E-state index contributed by atoms with van der Waals surface area (Å²) in [5.41, 5.74) is 4.04. The van der Waals surface area contributed by atoms with Crippen molar-refractivity contribution < 1.29 is 4.74 Å². The normalized spacial score (nSPS) is 11.2. The Bertz CT molecular complexity index is 855. The van der Waals surface area contributed by atoms with Crippen molar-refractivity contribution in [3.63, 3.8) is 0 Å². The summed E-state index contributed by atoms with van der Waals surface area (Å²) in [6, 6.07) is 15.9. The summed E-state index contributed by atoms with van der Waals surface area (Å²) in [6.45, 7) is 2.03. The highest BCUT2D eigenvalue weighted by Crippen LogP contribution is 2.21. The summed E-state index contributed by atoms with van der Waals surface area (Å²) in [5, 5.41) is 1.79. The van der Waals surface area contributed by atoms with E-state index in [1.165, 1.54) is 0 Å². The maximum atomic E-state index is 6.02. The fraction of sp³-hybridized carbons (Fsp3) is 0.105. The maximum absolute atomic E-state index is 6.02. The topological polar surface area (TPSA) is 22.1 Å². The Morgan fingerprint density at radius 1 is 1.00 bits per heavy atom. The van der Waals surface area contributed by atoms with Crippen LogP contribution in [0.1, 0.15) is 16.8 Å². The average Bonchev–Trinajstić information content (AvgIpc) is 2.52. The lowest BCUT2D eigenvalue weighted by molar-refractivity contribution is 0.411. The standard InChI is InChI=1S/C19H16ClNO/c1-13-11-14(4-10-19(13)22-2)3-8-17-9-6-15-5-7-16(20)12-18(15)21-17/h3-12H,1-2H3/b8-3+. The van der Waals surface area contributed by atoms with Gasteiger partial charge in [0.2, 0.25) is 0 Å². The molecule has 110 valence electrons. The number of aryl methyl sites for hydroxylation is 1. The number of hydrogen-bond acceptors (Lipinski definition) is 2. The summed E-state index contributed by atoms with van der Waals surface area (Å²) in [4.78, 5) is 4.61. The molecule has 0 saturated heterocycles. The molecule has 22 heavy (non-hydrogen) atoms. The minimum Gasteiger partial charge on any atom is -0.496 e. The van der Waals surface area contributed by atoms with Gasteiger partial charge in [-0.15, -0.1) is 0 Å². The minimum atomic E-state index is 0.701. The number of fused-ring (bicyclic) bond motifs is 1. The first-order valence-corrected chi connectivity index (χ1v) is 7.42. The third-order valence-corrected chi connectivity index (χ3v) is 3.78. The van der Waals surface area contributed by atoms with Crippen LogP contribution >= 0.6 is 11.6 Å². The predicted octanol–water partition coefficient (Wildman–Crippen LogP) is 5.38. The van der Waals surface area contributed by atoms with Crippen molar-refractivity contribution >= 4 is 34.7 Å². The molecule has 0 fully saturated rings. The average molecular weight is 310 g/mol. The molecule has 0 spiro atoms. The molecule has 0 atom stereocenters. The molecule has 3 aromatic rings. The van der Waals surface area contributed by atoms with Gasteiger partial charge in [-0.25, -0.2) is 4.98 Å². The molecule has 0 amide bonds. The van der Waals surface area contributed by atoms with Crippen LogP contribution < -0.4 is 4.74 Å². The molecule has 0 N–H and O–H groups in total. The molecule has 0 bridgehead atoms. The van der Waals surface area contributed by atoms with Gasteiger partial charge in [-0.2, -0.15) is 0 Å². The zero-order valence-electron chi connectivity index (χ0n) is 12.5. The Hall–Kier alpha value is -2.32. The summed E-state index contributed by atoms with van der Waals surface area (Å²) in [6.07, 6.45) is 4.05. The van der Waals surface area contributed by atoms with Crippen LogP contribution in [0.5, 0.6) is 5.75 Å². The third-order valence-electron chi connectivity index (χ3n) is 3.54. The Morgan fingerprint density at radius 3 is 2.59 bits per heavy atom. The van der Waals surface area contributed by atoms with E-state index in [0.717, 1.165) is 33.5 Å². The van der Waals surface area contributed by atoms with E-state index in [0.29, 0.717) is 5.02 Å². The quantitative estimate of drug-likeness (QED) is 0.648. The minimum absolute atomic E-state index is 0.701. The molecule has 1 heterocycles. The van der Waals surface area contributed by atoms with E-state index in [2.05, 4.69) is 17.1 Å². The Morgan fingerprint density at radius 2 is 1.82 bits per heavy atom. The first kappa shape index (κ1) is 14.6. The molecular weight excluding hydrogens is 294 g/mol. The second-order valence-electron chi connectivity index (χ2n) is 5.14. The van der Waals surface area contributed by atoms with Crippen molar-refractivity contribution in [1.29, 1.82) is 0 Å². The third kappa shape index (κ3) is 3.12. The smallest absolute Gasteiger partial charge is 0.121 e. The number of aromatic nitrogens is 1. The van der Waals surface area contributed by atoms with Crippen LogP contribution in [-0.4, -0.2) is 12.1 Å². The molecule has 2 nitrogen and oxygen atoms in total. The van der Waals surface area contributed by atoms with Crippen LogP contribution in [0, 0.1) is 6.92 Å². The first-order valence-electron chi connectivity index (χ1n) is 7.05. The lowest BCUT2D eigenvalue weighted by atomic mass is 10.1. The number of halogens is 1. The number of pyridine rings is 1. The Kier molecular flexibility index (Phi) is 4.12. The van der Waals surface area contributed by atoms with E-state index in [1.54, 1.807) is 7.11 Å². The van der Waals surface area contributed by atoms with Crippen LogP contribution in [0.3, 0.4) is 0 Å². The zero-order valence-corrected chi connectivity index (χ0v) is 13.3. The van der Waals surface area contributed by atoms with Crippen molar-refractivity contribution in [2.75, 3.05) is 7.11 Å². The highest BCUT2D eigenvalue weighted by Gasteiger charge is 1.99. The number of nitrogens with zero attached hydrogens (tertiary/aromatic N) is 1. The fourth-order valence-corrected chi connectivity index (χ4v) is 2.55. The molecule has 0 saturated carbocycles. The van der Waals surface area contributed by atoms with Crippen LogP contribution in [0.4, 0.5) is 0 Å². The molecule has 0 radical (unpaired) electrons. The fourth-order valence-electron chi connectivity index (χ4n) is 2.39. The van der Waals surface area contributed by atoms with Gasteiger partial charge < -0.3 is 4.74 Å². The lowest BCUT2D eigenvalue weighted by Gasteiger charge is -2.04. The zero-order chi connectivity index (χ0) is 15.5. The number of hydrogen-bond donors (Lipinski definition) is 0. The number of rotatable bonds is 3. The van der Waals surface area contributed by atoms with Gasteiger partial charge in [-0.1, -0.05) is 35.9 Å². The number of ether oxygens (including phenoxy) is 1. The van der Waals surface area contributed by atoms with Crippen LogP contribution in [0.2, 0.25) is 5.02 Å². The van der Waals surface area contributed by atoms with Crippen LogP contribution in [0.15, 0.2) is 48.5 Å². The summed E-state index contributed by atoms with van der Waals surface area (Å²) in [5.74, 6) is 0.899. The van der Waals surface area contributed by atoms with Crippen molar-refractivity contribution in [3.05, 3.63) is 70.4 Å². The molecule has 0 aliphatic rings. The second-order valence-corrected chi connectivity index (χ2v) is 5.57. The molecule has 0 aliphatic carbocycles. The SMILES string of the molecule is COc1ccc(/C=C/c2ccc3ccc(Cl)cc3n2)cc1C. The van der Waals surface area contributed by atoms with Crippen LogP contribution in [-0.2, 0) is 0 Å². The molecule has 0 aliphatic heterocycles. The molecular formula is C19H16ClNO. The molecule has 0 unspecified atom stereocenters. The van der Waals surface area contributed by atoms with E-state index in [1.807, 2.05) is 55.5 Å². The maximum Gasteiger partial charge on any atom is 0.121 e. The van der Waals surface area contributed by atoms with Crippen molar-refractivity contribution in [2.24, 2.45) is 0 Å². The number of methoxy groups -OCH3 is 1. The van der Waals surface area contributed by atoms with E-state index >= 15 is 0 Å². The molecule has 1 aromatic heterocycles. The molecule has 3 heteroatoms. The summed E-state index contributed by atoms with van der Waals surface area (Å²) in [7, 11) is 1.68. The van der Waals surface area contributed by atoms with Gasteiger partial charge in [-0.3, -0.25) is 0 Å². The number of benzene rings is 2. The van der Waals surface area contributed by atoms with E-state index in [-0.39, 0.29) is 0 Å². The van der Waals surface area contributed by atoms with Gasteiger partial charge in [0.25, 0.3) is 0 Å². The first-order chi connectivity index (χ1) is 10.7. The van der Waals surface area contributed by atoms with Gasteiger partial charge in [0.15, 0.2) is 0 Å². The van der Waals surface area contributed by atoms with Gasteiger partial charge in [-0.05, 0) is 54.5 Å². The van der Waals surface area contributed by atoms with Gasteiger partial charge in [0.1, 0.15) is 5.75 Å². The van der Waals surface area contributed by atoms with Crippen molar-refractivity contribution in [3.8, 4) is 5.75 Å². The predicted molar refractivity (Wildman–Crippen MR) is 93.4 cm³/mol. The van der Waals surface area contributed by atoms with Crippen LogP contribution in [0.25, 0.3) is 23.1 Å².